The van der Waals surface area contributed by atoms with Gasteiger partial charge in [0.1, 0.15) is 18.2 Å². The van der Waals surface area contributed by atoms with E-state index in [-0.39, 0.29) is 18.9 Å². The molecule has 0 aromatic carbocycles. The van der Waals surface area contributed by atoms with Crippen LogP contribution in [-0.2, 0) is 36.4 Å². The summed E-state index contributed by atoms with van der Waals surface area (Å²) in [5.74, 6) is -1.02. The Bertz CT molecular complexity index is 1270. The van der Waals surface area contributed by atoms with Gasteiger partial charge in [-0.05, 0) is 0 Å². The third-order valence-electron chi connectivity index (χ3n) is 4.27. The summed E-state index contributed by atoms with van der Waals surface area (Å²) in [4.78, 5) is 77.4. The molecule has 1 fully saturated rings. The van der Waals surface area contributed by atoms with Crippen LogP contribution in [0.5, 0.6) is 0 Å². The number of hydrogen-bond acceptors (Lipinski definition) is 12. The summed E-state index contributed by atoms with van der Waals surface area (Å²) in [6.45, 7) is -1.23. The molecule has 2 rings (SSSR count). The molecule has 0 aliphatic carbocycles. The molecule has 2 unspecified atom stereocenters. The Kier molecular flexibility index (Phi) is 10.1. The van der Waals surface area contributed by atoms with E-state index < -0.39 is 71.7 Å². The second kappa shape index (κ2) is 12.1. The number of guanidine groups is 1. The molecule has 6 atom stereocenters. The first-order valence-corrected chi connectivity index (χ1v) is 14.2. The molecule has 37 heavy (non-hydrogen) atoms. The van der Waals surface area contributed by atoms with Crippen LogP contribution in [-0.4, -0.2) is 77.5 Å². The van der Waals surface area contributed by atoms with Gasteiger partial charge in [0, 0.05) is 18.7 Å². The Hall–Kier alpha value is -2.25. The van der Waals surface area contributed by atoms with Crippen molar-refractivity contribution in [1.82, 2.24) is 14.9 Å². The third-order valence-corrected chi connectivity index (χ3v) is 8.08. The average molecular weight is 596 g/mol. The Labute approximate surface area is 205 Å². The number of nitrogens with two attached hydrogens (primary N) is 2. The van der Waals surface area contributed by atoms with Crippen LogP contribution in [0.3, 0.4) is 0 Å². The molecule has 210 valence electrons. The van der Waals surface area contributed by atoms with Crippen molar-refractivity contribution < 1.29 is 61.1 Å². The van der Waals surface area contributed by atoms with E-state index in [1.165, 1.54) is 0 Å². The summed E-state index contributed by atoms with van der Waals surface area (Å²) in [7, 11) is -17.0. The normalized spacial score (nSPS) is 25.1. The lowest BCUT2D eigenvalue weighted by atomic mass is 10.1. The van der Waals surface area contributed by atoms with Crippen LogP contribution >= 0.6 is 23.5 Å². The van der Waals surface area contributed by atoms with Gasteiger partial charge in [0.2, 0.25) is 5.91 Å². The summed E-state index contributed by atoms with van der Waals surface area (Å²) in [6, 6.07) is -0.501. The number of phosphoric ester groups is 1. The highest BCUT2D eigenvalue weighted by molar-refractivity contribution is 7.66. The van der Waals surface area contributed by atoms with Gasteiger partial charge in [-0.2, -0.15) is 8.62 Å². The largest absolute Gasteiger partial charge is 0.490 e. The van der Waals surface area contributed by atoms with Crippen molar-refractivity contribution in [3.05, 3.63) is 33.1 Å². The van der Waals surface area contributed by atoms with Crippen LogP contribution < -0.4 is 28.0 Å². The van der Waals surface area contributed by atoms with Gasteiger partial charge in [0.25, 0.3) is 5.56 Å². The Morgan fingerprint density at radius 3 is 2.38 bits per heavy atom. The van der Waals surface area contributed by atoms with E-state index in [0.717, 1.165) is 16.8 Å². The number of nitrogens with zero attached hydrogens (tertiary/aromatic N) is 2. The predicted molar refractivity (Wildman–Crippen MR) is 118 cm³/mol. The SMILES string of the molecule is NC(N)=NCCC(=O)N[C@@H]1[C@H](O)[C@@H](COP(=O)(O)OP(=O)(O)OP(=O)(O)O)O[C@H]1n1ccc(=O)[nH]c1=O. The Morgan fingerprint density at radius 1 is 1.16 bits per heavy atom. The number of carbonyl (C=O) groups excluding carboxylic acids is 1. The number of aromatic nitrogens is 2. The molecule has 1 aliphatic rings. The van der Waals surface area contributed by atoms with Gasteiger partial charge in [-0.1, -0.05) is 0 Å². The van der Waals surface area contributed by atoms with Crippen LogP contribution in [0.1, 0.15) is 12.6 Å². The zero-order valence-corrected chi connectivity index (χ0v) is 21.0. The molecule has 2 heterocycles. The molecule has 0 spiro atoms. The van der Waals surface area contributed by atoms with E-state index >= 15 is 0 Å². The number of aromatic amines is 1. The summed E-state index contributed by atoms with van der Waals surface area (Å²) in [5, 5.41) is 13.0. The monoisotopic (exact) mass is 596 g/mol. The van der Waals surface area contributed by atoms with Crippen LogP contribution in [0.2, 0.25) is 0 Å². The number of aliphatic hydroxyl groups is 1. The van der Waals surface area contributed by atoms with Crippen LogP contribution in [0.15, 0.2) is 26.8 Å². The first-order valence-electron chi connectivity index (χ1n) is 9.67. The number of rotatable bonds is 12. The fourth-order valence-electron chi connectivity index (χ4n) is 2.92. The summed E-state index contributed by atoms with van der Waals surface area (Å²) in [6.07, 6.45) is -4.19. The number of aliphatic hydroxyl groups excluding tert-OH is 1. The van der Waals surface area contributed by atoms with Crippen molar-refractivity contribution >= 4 is 35.3 Å². The van der Waals surface area contributed by atoms with Crippen LogP contribution in [0, 0.1) is 0 Å². The summed E-state index contributed by atoms with van der Waals surface area (Å²) in [5.41, 5.74) is 8.54. The summed E-state index contributed by atoms with van der Waals surface area (Å²) < 4.78 is 51.9. The fraction of sp³-hybridized carbons (Fsp3) is 0.538. The number of amides is 1. The topological polar surface area (TPSA) is 338 Å². The number of phosphoric acid groups is 3. The lowest BCUT2D eigenvalue weighted by molar-refractivity contribution is -0.123. The molecule has 1 saturated heterocycles. The standard InChI is InChI=1S/C13H23N6O15P3/c14-12(15)16-3-1-7(20)17-9-10(22)6(32-11(9)19-4-2-8(21)18-13(19)23)5-31-36(27,28)34-37(29,30)33-35(24,25)26/h2,4,6,9-11,22H,1,3,5H2,(H,17,20)(H,27,28)(H,29,30)(H4,14,15,16)(H,18,21,23)(H2,24,25,26)/t6-,9-,10-,11-/m1/s1. The molecule has 0 bridgehead atoms. The van der Waals surface area contributed by atoms with Crippen molar-refractivity contribution in [2.75, 3.05) is 13.2 Å². The van der Waals surface area contributed by atoms with Gasteiger partial charge in [-0.25, -0.2) is 18.5 Å². The smallest absolute Gasteiger partial charge is 0.388 e. The van der Waals surface area contributed by atoms with E-state index in [0.29, 0.717) is 0 Å². The van der Waals surface area contributed by atoms with Gasteiger partial charge >= 0.3 is 29.2 Å². The highest BCUT2D eigenvalue weighted by Crippen LogP contribution is 2.66. The minimum atomic E-state index is -5.80. The maximum absolute atomic E-state index is 12.3. The van der Waals surface area contributed by atoms with Crippen molar-refractivity contribution in [3.8, 4) is 0 Å². The Morgan fingerprint density at radius 2 is 1.81 bits per heavy atom. The lowest BCUT2D eigenvalue weighted by Crippen LogP contribution is -2.48. The van der Waals surface area contributed by atoms with Gasteiger partial charge in [-0.15, -0.1) is 0 Å². The van der Waals surface area contributed by atoms with Gasteiger partial charge in [0.15, 0.2) is 12.2 Å². The van der Waals surface area contributed by atoms with Crippen LogP contribution in [0.25, 0.3) is 0 Å². The highest BCUT2D eigenvalue weighted by atomic mass is 31.3. The molecule has 1 aliphatic heterocycles. The zero-order chi connectivity index (χ0) is 28.2. The number of hydrogen-bond donors (Lipinski definition) is 9. The minimum absolute atomic E-state index is 0.142. The second-order valence-electron chi connectivity index (χ2n) is 7.11. The molecule has 1 aromatic heterocycles. The van der Waals surface area contributed by atoms with Gasteiger partial charge in [-0.3, -0.25) is 28.7 Å². The minimum Gasteiger partial charge on any atom is -0.388 e. The molecule has 0 saturated carbocycles. The maximum Gasteiger partial charge on any atom is 0.490 e. The number of aliphatic imine (C=N–C) groups is 1. The molecule has 24 heteroatoms. The van der Waals surface area contributed by atoms with E-state index in [4.69, 9.17) is 26.0 Å². The van der Waals surface area contributed by atoms with E-state index in [9.17, 15) is 43.0 Å². The van der Waals surface area contributed by atoms with Crippen molar-refractivity contribution in [3.63, 3.8) is 0 Å². The lowest BCUT2D eigenvalue weighted by Gasteiger charge is -2.23. The van der Waals surface area contributed by atoms with Gasteiger partial charge in [0.05, 0.1) is 13.2 Å². The Balaban J connectivity index is 2.20. The fourth-order valence-corrected chi connectivity index (χ4v) is 5.95. The molecule has 1 amide bonds. The van der Waals surface area contributed by atoms with E-state index in [2.05, 4.69) is 23.5 Å². The predicted octanol–water partition coefficient (Wildman–Crippen LogP) is -3.71. The number of H-pyrrole nitrogens is 1. The molecular formula is C13H23N6O15P3. The number of nitrogens with one attached hydrogen (secondary N) is 2. The van der Waals surface area contributed by atoms with Crippen molar-refractivity contribution in [2.45, 2.75) is 30.9 Å². The van der Waals surface area contributed by atoms with E-state index in [1.54, 1.807) is 0 Å². The van der Waals surface area contributed by atoms with E-state index in [1.807, 2.05) is 4.98 Å². The average Bonchev–Trinajstić information content (AvgIpc) is 2.99. The molecule has 11 N–H and O–H groups in total. The van der Waals surface area contributed by atoms with Crippen molar-refractivity contribution in [2.24, 2.45) is 16.5 Å². The van der Waals surface area contributed by atoms with Crippen LogP contribution in [0.4, 0.5) is 0 Å². The maximum atomic E-state index is 12.3. The quantitative estimate of drug-likeness (QED) is 0.0636. The second-order valence-corrected chi connectivity index (χ2v) is 11.5. The molecular weight excluding hydrogens is 573 g/mol. The third kappa shape index (κ3) is 9.86. The molecule has 21 nitrogen and oxygen atoms in total. The summed E-state index contributed by atoms with van der Waals surface area (Å²) >= 11 is 0. The van der Waals surface area contributed by atoms with Gasteiger partial charge < -0.3 is 46.2 Å². The number of ether oxygens (including phenoxy) is 1. The highest BCUT2D eigenvalue weighted by Gasteiger charge is 2.48. The first kappa shape index (κ1) is 31.0. The molecule has 0 radical (unpaired) electrons. The zero-order valence-electron chi connectivity index (χ0n) is 18.3. The van der Waals surface area contributed by atoms with Crippen molar-refractivity contribution in [1.29, 1.82) is 0 Å². The first-order chi connectivity index (χ1) is 16.9. The molecule has 1 aromatic rings. The number of carbonyl (C=O) groups is 1.